The number of ether oxygens (including phenoxy) is 2. The fourth-order valence-electron chi connectivity index (χ4n) is 4.51. The quantitative estimate of drug-likeness (QED) is 0.450. The van der Waals surface area contributed by atoms with E-state index >= 15 is 0 Å². The highest BCUT2D eigenvalue weighted by Gasteiger charge is 2.22. The largest absolute Gasteiger partial charge is 0.476 e. The monoisotopic (exact) mass is 466 g/mol. The first-order chi connectivity index (χ1) is 16.6. The lowest BCUT2D eigenvalue weighted by atomic mass is 10.2. The molecule has 2 aromatic rings. The van der Waals surface area contributed by atoms with Gasteiger partial charge in [0.2, 0.25) is 5.88 Å². The van der Waals surface area contributed by atoms with Gasteiger partial charge in [0.25, 0.3) is 0 Å². The number of aryl methyl sites for hydroxylation is 1. The van der Waals surface area contributed by atoms with E-state index < -0.39 is 0 Å². The third-order valence-corrected chi connectivity index (χ3v) is 6.52. The van der Waals surface area contributed by atoms with E-state index in [4.69, 9.17) is 9.47 Å². The molecule has 2 fully saturated rings. The molecular formula is C26H38N6O2. The van der Waals surface area contributed by atoms with Crippen LogP contribution in [-0.4, -0.2) is 92.7 Å². The second-order valence-corrected chi connectivity index (χ2v) is 9.06. The Morgan fingerprint density at radius 2 is 2.03 bits per heavy atom. The number of benzene rings is 1. The van der Waals surface area contributed by atoms with E-state index in [1.807, 2.05) is 30.5 Å². The van der Waals surface area contributed by atoms with Crippen LogP contribution in [0.5, 0.6) is 5.88 Å². The molecule has 0 amide bonds. The molecule has 1 N–H and O–H groups in total. The molecule has 4 rings (SSSR count). The second-order valence-electron chi connectivity index (χ2n) is 9.06. The summed E-state index contributed by atoms with van der Waals surface area (Å²) in [6.07, 6.45) is 1.81. The molecule has 0 spiro atoms. The van der Waals surface area contributed by atoms with Gasteiger partial charge >= 0.3 is 0 Å². The molecule has 0 bridgehead atoms. The molecule has 1 atom stereocenters. The summed E-state index contributed by atoms with van der Waals surface area (Å²) in [5.41, 5.74) is 6.42. The number of pyridine rings is 1. The van der Waals surface area contributed by atoms with E-state index in [-0.39, 0.29) is 0 Å². The number of nitrogens with zero attached hydrogens (tertiary/aromatic N) is 5. The number of hydrazone groups is 1. The molecule has 8 nitrogen and oxygen atoms in total. The first-order valence-corrected chi connectivity index (χ1v) is 12.4. The Balaban J connectivity index is 1.40. The molecule has 0 aliphatic carbocycles. The molecule has 1 aromatic carbocycles. The lowest BCUT2D eigenvalue weighted by molar-refractivity contribution is 0.0742. The Morgan fingerprint density at radius 3 is 2.79 bits per heavy atom. The van der Waals surface area contributed by atoms with Gasteiger partial charge in [-0.05, 0) is 26.0 Å². The van der Waals surface area contributed by atoms with Crippen LogP contribution in [0.25, 0.3) is 0 Å². The van der Waals surface area contributed by atoms with Crippen LogP contribution in [-0.2, 0) is 4.74 Å². The van der Waals surface area contributed by atoms with Gasteiger partial charge in [0, 0.05) is 63.1 Å². The van der Waals surface area contributed by atoms with Crippen molar-refractivity contribution in [2.24, 2.45) is 5.10 Å². The fourth-order valence-corrected chi connectivity index (χ4v) is 4.51. The normalized spacial score (nSPS) is 20.1. The Labute approximate surface area is 203 Å². The van der Waals surface area contributed by atoms with Crippen LogP contribution in [0.3, 0.4) is 0 Å². The molecule has 2 aliphatic rings. The average molecular weight is 467 g/mol. The summed E-state index contributed by atoms with van der Waals surface area (Å²) < 4.78 is 11.7. The molecule has 8 heteroatoms. The first-order valence-electron chi connectivity index (χ1n) is 12.4. The van der Waals surface area contributed by atoms with Crippen LogP contribution in [0.15, 0.2) is 41.5 Å². The van der Waals surface area contributed by atoms with Crippen molar-refractivity contribution >= 4 is 17.7 Å². The van der Waals surface area contributed by atoms with Crippen molar-refractivity contribution < 1.29 is 9.47 Å². The van der Waals surface area contributed by atoms with Gasteiger partial charge in [0.15, 0.2) is 5.82 Å². The number of hydrogen-bond acceptors (Lipinski definition) is 8. The Hall–Kier alpha value is -2.68. The minimum absolute atomic E-state index is 0.540. The molecule has 1 aromatic heterocycles. The fraction of sp³-hybridized carbons (Fsp3) is 0.538. The minimum atomic E-state index is 0.540. The Bertz CT molecular complexity index is 947. The number of aromatic nitrogens is 1. The van der Waals surface area contributed by atoms with Gasteiger partial charge in [-0.1, -0.05) is 36.8 Å². The van der Waals surface area contributed by atoms with Crippen LogP contribution in [0.1, 0.15) is 25.0 Å². The topological polar surface area (TPSA) is 65.5 Å². The number of morpholine rings is 1. The maximum atomic E-state index is 6.15. The highest BCUT2D eigenvalue weighted by atomic mass is 16.5. The number of hydrogen-bond donors (Lipinski definition) is 1. The smallest absolute Gasteiger partial charge is 0.217 e. The summed E-state index contributed by atoms with van der Waals surface area (Å²) in [4.78, 5) is 12.0. The van der Waals surface area contributed by atoms with Gasteiger partial charge < -0.3 is 19.3 Å². The van der Waals surface area contributed by atoms with Gasteiger partial charge in [-0.25, -0.2) is 0 Å². The summed E-state index contributed by atoms with van der Waals surface area (Å²) in [5.74, 6) is 1.30. The third-order valence-electron chi connectivity index (χ3n) is 6.52. The maximum Gasteiger partial charge on any atom is 0.217 e. The molecule has 2 saturated heterocycles. The number of likely N-dealkylation sites (N-methyl/N-ethyl adjacent to an activating group) is 1. The van der Waals surface area contributed by atoms with E-state index in [1.165, 1.54) is 5.56 Å². The lowest BCUT2D eigenvalue weighted by Crippen LogP contribution is -2.52. The second kappa shape index (κ2) is 12.1. The van der Waals surface area contributed by atoms with Crippen molar-refractivity contribution in [3.05, 3.63) is 47.5 Å². The van der Waals surface area contributed by atoms with Crippen molar-refractivity contribution in [1.29, 1.82) is 0 Å². The van der Waals surface area contributed by atoms with E-state index in [9.17, 15) is 0 Å². The zero-order valence-corrected chi connectivity index (χ0v) is 20.7. The summed E-state index contributed by atoms with van der Waals surface area (Å²) in [7, 11) is 0. The van der Waals surface area contributed by atoms with Crippen LogP contribution < -0.4 is 15.1 Å². The van der Waals surface area contributed by atoms with Gasteiger partial charge in [0.05, 0.1) is 19.4 Å². The predicted octanol–water partition coefficient (Wildman–Crippen LogP) is 3.08. The molecule has 0 radical (unpaired) electrons. The van der Waals surface area contributed by atoms with Gasteiger partial charge in [-0.3, -0.25) is 10.3 Å². The van der Waals surface area contributed by atoms with Gasteiger partial charge in [-0.15, -0.1) is 0 Å². The Morgan fingerprint density at radius 1 is 1.18 bits per heavy atom. The number of piperazine rings is 1. The number of nitrogens with one attached hydrogen (secondary N) is 1. The molecule has 0 saturated carbocycles. The molecule has 184 valence electrons. The first kappa shape index (κ1) is 24.4. The molecule has 2 aliphatic heterocycles. The highest BCUT2D eigenvalue weighted by molar-refractivity contribution is 5.80. The summed E-state index contributed by atoms with van der Waals surface area (Å²) in [6.45, 7) is 15.7. The molecule has 34 heavy (non-hydrogen) atoms. The summed E-state index contributed by atoms with van der Waals surface area (Å²) in [6, 6.07) is 12.8. The van der Waals surface area contributed by atoms with E-state index in [2.05, 4.69) is 63.1 Å². The molecule has 3 heterocycles. The summed E-state index contributed by atoms with van der Waals surface area (Å²) in [5, 5.41) is 4.41. The van der Waals surface area contributed by atoms with Crippen LogP contribution in [0.4, 0.5) is 11.5 Å². The average Bonchev–Trinajstić information content (AvgIpc) is 2.85. The third kappa shape index (κ3) is 6.91. The standard InChI is InChI=1S/C26H38N6O2/c1-4-30-8-9-31(22(3)20-30)12-15-34-26-18-24(32-10-13-33-14-11-32)17-25(28-26)29-27-19-23-7-5-6-21(2)16-23/h5-7,16-19,22H,4,8-15,20H2,1-3H3,(H,28,29). The zero-order valence-electron chi connectivity index (χ0n) is 20.7. The SMILES string of the molecule is CCN1CCN(CCOc2cc(N3CCOCC3)cc(NN=Cc3cccc(C)c3)n2)C(C)C1. The molecular weight excluding hydrogens is 428 g/mol. The van der Waals surface area contributed by atoms with Crippen LogP contribution in [0.2, 0.25) is 0 Å². The van der Waals surface area contributed by atoms with Crippen LogP contribution >= 0.6 is 0 Å². The number of anilines is 2. The van der Waals surface area contributed by atoms with Gasteiger partial charge in [-0.2, -0.15) is 10.1 Å². The van der Waals surface area contributed by atoms with E-state index in [0.29, 0.717) is 24.3 Å². The van der Waals surface area contributed by atoms with Crippen molar-refractivity contribution in [2.45, 2.75) is 26.8 Å². The van der Waals surface area contributed by atoms with Crippen molar-refractivity contribution in [3.8, 4) is 5.88 Å². The van der Waals surface area contributed by atoms with Gasteiger partial charge in [0.1, 0.15) is 6.61 Å². The Kier molecular flexibility index (Phi) is 8.73. The van der Waals surface area contributed by atoms with Crippen molar-refractivity contribution in [1.82, 2.24) is 14.8 Å². The zero-order chi connectivity index (χ0) is 23.8. The van der Waals surface area contributed by atoms with Crippen LogP contribution in [0, 0.1) is 6.92 Å². The summed E-state index contributed by atoms with van der Waals surface area (Å²) >= 11 is 0. The predicted molar refractivity (Wildman–Crippen MR) is 138 cm³/mol. The molecule has 1 unspecified atom stereocenters. The maximum absolute atomic E-state index is 6.15. The number of rotatable bonds is 9. The van der Waals surface area contributed by atoms with Crippen molar-refractivity contribution in [3.63, 3.8) is 0 Å². The van der Waals surface area contributed by atoms with E-state index in [0.717, 1.165) is 70.3 Å². The van der Waals surface area contributed by atoms with Crippen molar-refractivity contribution in [2.75, 3.05) is 76.0 Å². The lowest BCUT2D eigenvalue weighted by Gasteiger charge is -2.39. The minimum Gasteiger partial charge on any atom is -0.476 e. The van der Waals surface area contributed by atoms with E-state index in [1.54, 1.807) is 0 Å². The highest BCUT2D eigenvalue weighted by Crippen LogP contribution is 2.25.